The quantitative estimate of drug-likeness (QED) is 0.460. The molecule has 0 aliphatic heterocycles. The van der Waals surface area contributed by atoms with E-state index in [-0.39, 0.29) is 23.8 Å². The standard InChI is InChI=1S/C15H14ClFO4/c1-10(2)15(19)21-8-7-20-14(18)6-4-11-3-5-13(17)12(16)9-11/h3-6,9H,1,7-8H2,2H3/b6-4+. The van der Waals surface area contributed by atoms with Crippen molar-refractivity contribution in [3.05, 3.63) is 52.8 Å². The third-order valence-corrected chi connectivity index (χ3v) is 2.55. The van der Waals surface area contributed by atoms with Gasteiger partial charge in [0, 0.05) is 11.6 Å². The molecule has 4 nitrogen and oxygen atoms in total. The van der Waals surface area contributed by atoms with Gasteiger partial charge in [0.15, 0.2) is 0 Å². The summed E-state index contributed by atoms with van der Waals surface area (Å²) in [5.74, 6) is -1.68. The Kier molecular flexibility index (Phi) is 6.62. The van der Waals surface area contributed by atoms with Crippen LogP contribution in [0, 0.1) is 5.82 Å². The first-order valence-corrected chi connectivity index (χ1v) is 6.40. The molecule has 0 fully saturated rings. The van der Waals surface area contributed by atoms with E-state index in [2.05, 4.69) is 6.58 Å². The number of hydrogen-bond donors (Lipinski definition) is 0. The molecule has 0 N–H and O–H groups in total. The molecule has 21 heavy (non-hydrogen) atoms. The molecule has 1 aromatic rings. The Labute approximate surface area is 126 Å². The van der Waals surface area contributed by atoms with Crippen LogP contribution >= 0.6 is 11.6 Å². The summed E-state index contributed by atoms with van der Waals surface area (Å²) in [4.78, 5) is 22.4. The van der Waals surface area contributed by atoms with Gasteiger partial charge in [0.1, 0.15) is 19.0 Å². The Morgan fingerprint density at radius 1 is 1.33 bits per heavy atom. The maximum atomic E-state index is 12.9. The van der Waals surface area contributed by atoms with Crippen LogP contribution in [0.25, 0.3) is 6.08 Å². The molecule has 0 bridgehead atoms. The first-order chi connectivity index (χ1) is 9.90. The van der Waals surface area contributed by atoms with E-state index < -0.39 is 17.8 Å². The van der Waals surface area contributed by atoms with Crippen molar-refractivity contribution >= 4 is 29.6 Å². The molecule has 0 amide bonds. The van der Waals surface area contributed by atoms with Gasteiger partial charge in [0.25, 0.3) is 0 Å². The first kappa shape index (κ1) is 16.9. The largest absolute Gasteiger partial charge is 0.459 e. The lowest BCUT2D eigenvalue weighted by Gasteiger charge is -2.04. The van der Waals surface area contributed by atoms with Gasteiger partial charge in [0.2, 0.25) is 0 Å². The Hall–Kier alpha value is -2.14. The summed E-state index contributed by atoms with van der Waals surface area (Å²) < 4.78 is 22.5. The van der Waals surface area contributed by atoms with Gasteiger partial charge in [-0.1, -0.05) is 24.2 Å². The van der Waals surface area contributed by atoms with Crippen LogP contribution in [0.2, 0.25) is 5.02 Å². The summed E-state index contributed by atoms with van der Waals surface area (Å²) in [6.07, 6.45) is 2.61. The molecule has 0 radical (unpaired) electrons. The zero-order valence-electron chi connectivity index (χ0n) is 11.4. The van der Waals surface area contributed by atoms with Gasteiger partial charge in [0.05, 0.1) is 5.02 Å². The van der Waals surface area contributed by atoms with E-state index >= 15 is 0 Å². The molecule has 112 valence electrons. The number of hydrogen-bond acceptors (Lipinski definition) is 4. The second-order valence-corrected chi connectivity index (χ2v) is 4.50. The summed E-state index contributed by atoms with van der Waals surface area (Å²) in [6, 6.07) is 4.05. The molecule has 6 heteroatoms. The van der Waals surface area contributed by atoms with E-state index in [1.165, 1.54) is 37.3 Å². The molecule has 0 aromatic heterocycles. The third kappa shape index (κ3) is 6.23. The molecule has 0 aliphatic carbocycles. The predicted molar refractivity (Wildman–Crippen MR) is 77.2 cm³/mol. The Bertz CT molecular complexity index is 581. The molecule has 0 saturated carbocycles. The molecular weight excluding hydrogens is 299 g/mol. The van der Waals surface area contributed by atoms with Crippen LogP contribution in [0.5, 0.6) is 0 Å². The minimum Gasteiger partial charge on any atom is -0.459 e. The number of rotatable bonds is 6. The number of carbonyl (C=O) groups excluding carboxylic acids is 2. The Morgan fingerprint density at radius 3 is 2.62 bits per heavy atom. The SMILES string of the molecule is C=C(C)C(=O)OCCOC(=O)/C=C/c1ccc(F)c(Cl)c1. The van der Waals surface area contributed by atoms with Crippen molar-refractivity contribution in [3.63, 3.8) is 0 Å². The molecule has 0 unspecified atom stereocenters. The molecule has 0 saturated heterocycles. The highest BCUT2D eigenvalue weighted by atomic mass is 35.5. The Balaban J connectivity index is 2.36. The van der Waals surface area contributed by atoms with E-state index in [0.717, 1.165) is 0 Å². The number of carbonyl (C=O) groups is 2. The van der Waals surface area contributed by atoms with Crippen LogP contribution in [0.15, 0.2) is 36.4 Å². The van der Waals surface area contributed by atoms with Crippen molar-refractivity contribution < 1.29 is 23.5 Å². The summed E-state index contributed by atoms with van der Waals surface area (Å²) >= 11 is 5.61. The molecule has 0 atom stereocenters. The highest BCUT2D eigenvalue weighted by Crippen LogP contribution is 2.16. The maximum absolute atomic E-state index is 12.9. The van der Waals surface area contributed by atoms with Crippen LogP contribution in [0.3, 0.4) is 0 Å². The first-order valence-electron chi connectivity index (χ1n) is 6.02. The van der Waals surface area contributed by atoms with Crippen molar-refractivity contribution in [1.82, 2.24) is 0 Å². The number of esters is 2. The van der Waals surface area contributed by atoms with E-state index in [4.69, 9.17) is 21.1 Å². The van der Waals surface area contributed by atoms with Crippen LogP contribution in [0.4, 0.5) is 4.39 Å². The molecule has 0 heterocycles. The number of benzene rings is 1. The van der Waals surface area contributed by atoms with Crippen LogP contribution in [-0.2, 0) is 19.1 Å². The second-order valence-electron chi connectivity index (χ2n) is 4.09. The highest BCUT2D eigenvalue weighted by Gasteiger charge is 2.04. The lowest BCUT2D eigenvalue weighted by Crippen LogP contribution is -2.12. The van der Waals surface area contributed by atoms with Crippen molar-refractivity contribution in [2.45, 2.75) is 6.92 Å². The topological polar surface area (TPSA) is 52.6 Å². The molecular formula is C15H14ClFO4. The van der Waals surface area contributed by atoms with Crippen LogP contribution < -0.4 is 0 Å². The molecule has 1 aromatic carbocycles. The second kappa shape index (κ2) is 8.21. The van der Waals surface area contributed by atoms with Gasteiger partial charge in [-0.05, 0) is 30.7 Å². The molecule has 0 spiro atoms. The van der Waals surface area contributed by atoms with Gasteiger partial charge in [-0.2, -0.15) is 0 Å². The third-order valence-electron chi connectivity index (χ3n) is 2.26. The lowest BCUT2D eigenvalue weighted by atomic mass is 10.2. The van der Waals surface area contributed by atoms with E-state index in [1.807, 2.05) is 0 Å². The molecule has 0 aliphatic rings. The van der Waals surface area contributed by atoms with E-state index in [9.17, 15) is 14.0 Å². The van der Waals surface area contributed by atoms with Crippen molar-refractivity contribution in [2.24, 2.45) is 0 Å². The van der Waals surface area contributed by atoms with Gasteiger partial charge in [-0.15, -0.1) is 0 Å². The fraction of sp³-hybridized carbons (Fsp3) is 0.200. The van der Waals surface area contributed by atoms with Gasteiger partial charge in [-0.3, -0.25) is 0 Å². The van der Waals surface area contributed by atoms with E-state index in [0.29, 0.717) is 5.56 Å². The fourth-order valence-electron chi connectivity index (χ4n) is 1.23. The normalized spacial score (nSPS) is 10.4. The van der Waals surface area contributed by atoms with Gasteiger partial charge >= 0.3 is 11.9 Å². The average Bonchev–Trinajstić information content (AvgIpc) is 2.44. The Morgan fingerprint density at radius 2 is 2.00 bits per heavy atom. The number of halogens is 2. The van der Waals surface area contributed by atoms with Crippen LogP contribution in [0.1, 0.15) is 12.5 Å². The summed E-state index contributed by atoms with van der Waals surface area (Å²) in [7, 11) is 0. The van der Waals surface area contributed by atoms with Gasteiger partial charge < -0.3 is 9.47 Å². The summed E-state index contributed by atoms with van der Waals surface area (Å²) in [6.45, 7) is 4.82. The van der Waals surface area contributed by atoms with E-state index in [1.54, 1.807) is 0 Å². The average molecular weight is 313 g/mol. The van der Waals surface area contributed by atoms with Crippen molar-refractivity contribution in [2.75, 3.05) is 13.2 Å². The predicted octanol–water partition coefficient (Wildman–Crippen LogP) is 3.15. The summed E-state index contributed by atoms with van der Waals surface area (Å²) in [5, 5.41) is -0.0303. The smallest absolute Gasteiger partial charge is 0.333 e. The summed E-state index contributed by atoms with van der Waals surface area (Å²) in [5.41, 5.74) is 0.835. The molecule has 1 rings (SSSR count). The zero-order chi connectivity index (χ0) is 15.8. The maximum Gasteiger partial charge on any atom is 0.333 e. The van der Waals surface area contributed by atoms with Gasteiger partial charge in [-0.25, -0.2) is 14.0 Å². The lowest BCUT2D eigenvalue weighted by molar-refractivity contribution is -0.146. The minimum absolute atomic E-state index is 0.0303. The fourth-order valence-corrected chi connectivity index (χ4v) is 1.42. The van der Waals surface area contributed by atoms with Crippen LogP contribution in [-0.4, -0.2) is 25.2 Å². The monoisotopic (exact) mass is 312 g/mol. The van der Waals surface area contributed by atoms with Crippen molar-refractivity contribution in [1.29, 1.82) is 0 Å². The number of ether oxygens (including phenoxy) is 2. The minimum atomic E-state index is -0.609. The highest BCUT2D eigenvalue weighted by molar-refractivity contribution is 6.30. The zero-order valence-corrected chi connectivity index (χ0v) is 12.2. The van der Waals surface area contributed by atoms with Crippen molar-refractivity contribution in [3.8, 4) is 0 Å².